The van der Waals surface area contributed by atoms with E-state index in [9.17, 15) is 0 Å². The van der Waals surface area contributed by atoms with Gasteiger partial charge in [0.15, 0.2) is 17.4 Å². The van der Waals surface area contributed by atoms with Crippen LogP contribution in [0.3, 0.4) is 0 Å². The second-order valence-corrected chi connectivity index (χ2v) is 7.54. The minimum absolute atomic E-state index is 0.542. The van der Waals surface area contributed by atoms with E-state index in [1.165, 1.54) is 0 Å². The zero-order valence-corrected chi connectivity index (χ0v) is 18.3. The van der Waals surface area contributed by atoms with Gasteiger partial charge in [-0.05, 0) is 43.3 Å². The number of rotatable bonds is 7. The normalized spacial score (nSPS) is 15.4. The SMILES string of the molecule is CCNC(=NCc1ccnc(N2CCN(CC)CC2)c1)NCc1nnc2ccccn12. The molecule has 0 radical (unpaired) electrons. The molecular weight excluding hydrogens is 390 g/mol. The molecule has 1 fully saturated rings. The van der Waals surface area contributed by atoms with Gasteiger partial charge >= 0.3 is 0 Å². The molecule has 4 heterocycles. The highest BCUT2D eigenvalue weighted by Crippen LogP contribution is 2.15. The van der Waals surface area contributed by atoms with Crippen molar-refractivity contribution in [2.24, 2.45) is 4.99 Å². The maximum Gasteiger partial charge on any atom is 0.191 e. The largest absolute Gasteiger partial charge is 0.357 e. The maximum atomic E-state index is 4.76. The molecule has 4 rings (SSSR count). The Hall–Kier alpha value is -3.20. The summed E-state index contributed by atoms with van der Waals surface area (Å²) in [5, 5.41) is 15.1. The van der Waals surface area contributed by atoms with Crippen molar-refractivity contribution < 1.29 is 0 Å². The Balaban J connectivity index is 1.39. The lowest BCUT2D eigenvalue weighted by Crippen LogP contribution is -2.46. The molecule has 1 aliphatic heterocycles. The Morgan fingerprint density at radius 3 is 2.74 bits per heavy atom. The first-order chi connectivity index (χ1) is 15.3. The Labute approximate surface area is 183 Å². The van der Waals surface area contributed by atoms with Gasteiger partial charge in [-0.3, -0.25) is 4.40 Å². The topological polar surface area (TPSA) is 86.0 Å². The Kier molecular flexibility index (Phi) is 6.93. The zero-order chi connectivity index (χ0) is 21.5. The van der Waals surface area contributed by atoms with E-state index in [-0.39, 0.29) is 0 Å². The van der Waals surface area contributed by atoms with Crippen LogP contribution in [0.1, 0.15) is 25.2 Å². The first-order valence-electron chi connectivity index (χ1n) is 11.0. The zero-order valence-electron chi connectivity index (χ0n) is 18.3. The summed E-state index contributed by atoms with van der Waals surface area (Å²) < 4.78 is 1.98. The molecule has 0 spiro atoms. The van der Waals surface area contributed by atoms with Gasteiger partial charge in [-0.1, -0.05) is 13.0 Å². The molecule has 1 aliphatic rings. The van der Waals surface area contributed by atoms with Crippen LogP contribution in [0.5, 0.6) is 0 Å². The van der Waals surface area contributed by atoms with Crippen molar-refractivity contribution in [3.05, 3.63) is 54.1 Å². The number of likely N-dealkylation sites (N-methyl/N-ethyl adjacent to an activating group) is 1. The minimum Gasteiger partial charge on any atom is -0.357 e. The van der Waals surface area contributed by atoms with Crippen molar-refractivity contribution in [3.8, 4) is 0 Å². The van der Waals surface area contributed by atoms with Crippen LogP contribution >= 0.6 is 0 Å². The molecule has 0 atom stereocenters. The number of fused-ring (bicyclic) bond motifs is 1. The van der Waals surface area contributed by atoms with Crippen molar-refractivity contribution in [2.75, 3.05) is 44.2 Å². The van der Waals surface area contributed by atoms with Crippen LogP contribution in [0.2, 0.25) is 0 Å². The highest BCUT2D eigenvalue weighted by molar-refractivity contribution is 5.79. The fourth-order valence-corrected chi connectivity index (χ4v) is 3.71. The van der Waals surface area contributed by atoms with Crippen molar-refractivity contribution in [2.45, 2.75) is 26.9 Å². The molecule has 0 aliphatic carbocycles. The van der Waals surface area contributed by atoms with E-state index in [0.29, 0.717) is 13.1 Å². The molecule has 9 nitrogen and oxygen atoms in total. The maximum absolute atomic E-state index is 4.76. The lowest BCUT2D eigenvalue weighted by atomic mass is 10.2. The van der Waals surface area contributed by atoms with Crippen molar-refractivity contribution in [1.29, 1.82) is 0 Å². The van der Waals surface area contributed by atoms with Gasteiger partial charge in [-0.15, -0.1) is 10.2 Å². The molecule has 0 aromatic carbocycles. The third kappa shape index (κ3) is 5.29. The number of guanidine groups is 1. The van der Waals surface area contributed by atoms with Gasteiger partial charge in [0.25, 0.3) is 0 Å². The standard InChI is InChI=1S/C22H31N9/c1-3-23-22(26-17-21-28-27-19-7-5-6-10-31(19)21)25-16-18-8-9-24-20(15-18)30-13-11-29(4-2)12-14-30/h5-10,15H,3-4,11-14,16-17H2,1-2H3,(H2,23,25,26). The molecule has 0 amide bonds. The summed E-state index contributed by atoms with van der Waals surface area (Å²) in [7, 11) is 0. The number of anilines is 1. The van der Waals surface area contributed by atoms with Gasteiger partial charge in [0.1, 0.15) is 5.82 Å². The summed E-state index contributed by atoms with van der Waals surface area (Å²) in [6, 6.07) is 10.1. The van der Waals surface area contributed by atoms with Crippen molar-refractivity contribution in [3.63, 3.8) is 0 Å². The second kappa shape index (κ2) is 10.2. The van der Waals surface area contributed by atoms with E-state index >= 15 is 0 Å². The smallest absolute Gasteiger partial charge is 0.191 e. The molecule has 9 heteroatoms. The van der Waals surface area contributed by atoms with Crippen LogP contribution < -0.4 is 15.5 Å². The van der Waals surface area contributed by atoms with Crippen LogP contribution in [0.15, 0.2) is 47.7 Å². The van der Waals surface area contributed by atoms with Gasteiger partial charge in [-0.2, -0.15) is 0 Å². The molecule has 164 valence electrons. The van der Waals surface area contributed by atoms with Crippen molar-refractivity contribution >= 4 is 17.4 Å². The van der Waals surface area contributed by atoms with Crippen LogP contribution in [0.25, 0.3) is 5.65 Å². The number of pyridine rings is 2. The lowest BCUT2D eigenvalue weighted by molar-refractivity contribution is 0.270. The summed E-state index contributed by atoms with van der Waals surface area (Å²) in [4.78, 5) is 14.2. The molecule has 2 N–H and O–H groups in total. The number of aromatic nitrogens is 4. The molecule has 0 bridgehead atoms. The van der Waals surface area contributed by atoms with E-state index in [1.807, 2.05) is 41.1 Å². The van der Waals surface area contributed by atoms with E-state index in [2.05, 4.69) is 55.5 Å². The summed E-state index contributed by atoms with van der Waals surface area (Å²) in [5.74, 6) is 2.64. The van der Waals surface area contributed by atoms with Crippen LogP contribution in [0, 0.1) is 0 Å². The van der Waals surface area contributed by atoms with E-state index in [0.717, 1.165) is 68.1 Å². The number of nitrogens with one attached hydrogen (secondary N) is 2. The summed E-state index contributed by atoms with van der Waals surface area (Å²) in [6.45, 7) is 11.5. The van der Waals surface area contributed by atoms with Crippen LogP contribution in [-0.2, 0) is 13.1 Å². The molecule has 3 aromatic rings. The number of aliphatic imine (C=N–C) groups is 1. The quantitative estimate of drug-likeness (QED) is 0.442. The van der Waals surface area contributed by atoms with Gasteiger partial charge in [0, 0.05) is 45.1 Å². The molecular formula is C22H31N9. The first-order valence-corrected chi connectivity index (χ1v) is 11.0. The van der Waals surface area contributed by atoms with Crippen molar-refractivity contribution in [1.82, 2.24) is 35.1 Å². The van der Waals surface area contributed by atoms with E-state index in [1.54, 1.807) is 0 Å². The van der Waals surface area contributed by atoms with E-state index < -0.39 is 0 Å². The highest BCUT2D eigenvalue weighted by Gasteiger charge is 2.16. The first kappa shape index (κ1) is 21.0. The van der Waals surface area contributed by atoms with Crippen LogP contribution in [0.4, 0.5) is 5.82 Å². The van der Waals surface area contributed by atoms with Gasteiger partial charge in [0.05, 0.1) is 13.1 Å². The van der Waals surface area contributed by atoms with Crippen LogP contribution in [-0.4, -0.2) is 69.7 Å². The Morgan fingerprint density at radius 2 is 1.94 bits per heavy atom. The number of hydrogen-bond donors (Lipinski definition) is 2. The highest BCUT2D eigenvalue weighted by atomic mass is 15.3. The van der Waals surface area contributed by atoms with Gasteiger partial charge in [-0.25, -0.2) is 9.98 Å². The molecule has 0 saturated carbocycles. The molecule has 31 heavy (non-hydrogen) atoms. The average Bonchev–Trinajstić information content (AvgIpc) is 3.24. The summed E-state index contributed by atoms with van der Waals surface area (Å²) >= 11 is 0. The number of piperazine rings is 1. The Morgan fingerprint density at radius 1 is 1.06 bits per heavy atom. The molecule has 1 saturated heterocycles. The lowest BCUT2D eigenvalue weighted by Gasteiger charge is -2.34. The second-order valence-electron chi connectivity index (χ2n) is 7.54. The van der Waals surface area contributed by atoms with Gasteiger partial charge < -0.3 is 20.4 Å². The summed E-state index contributed by atoms with van der Waals surface area (Å²) in [5.41, 5.74) is 1.98. The average molecular weight is 422 g/mol. The number of hydrogen-bond acceptors (Lipinski definition) is 6. The summed E-state index contributed by atoms with van der Waals surface area (Å²) in [6.07, 6.45) is 3.85. The predicted molar refractivity (Wildman–Crippen MR) is 123 cm³/mol. The minimum atomic E-state index is 0.542. The monoisotopic (exact) mass is 421 g/mol. The third-order valence-electron chi connectivity index (χ3n) is 5.52. The molecule has 3 aromatic heterocycles. The molecule has 0 unspecified atom stereocenters. The third-order valence-corrected chi connectivity index (χ3v) is 5.52. The van der Waals surface area contributed by atoms with Gasteiger partial charge in [0.2, 0.25) is 0 Å². The fraction of sp³-hybridized carbons (Fsp3) is 0.455. The van der Waals surface area contributed by atoms with E-state index in [4.69, 9.17) is 4.99 Å². The predicted octanol–water partition coefficient (Wildman–Crippen LogP) is 1.52. The number of nitrogens with zero attached hydrogens (tertiary/aromatic N) is 7. The fourth-order valence-electron chi connectivity index (χ4n) is 3.71. The Bertz CT molecular complexity index is 1000.